The van der Waals surface area contributed by atoms with Crippen molar-refractivity contribution in [2.24, 2.45) is 5.73 Å². The third-order valence-electron chi connectivity index (χ3n) is 3.06. The summed E-state index contributed by atoms with van der Waals surface area (Å²) in [6.45, 7) is 0. The summed E-state index contributed by atoms with van der Waals surface area (Å²) in [4.78, 5) is 15.2. The second kappa shape index (κ2) is 4.98. The highest BCUT2D eigenvalue weighted by Gasteiger charge is 2.36. The molecule has 94 valence electrons. The van der Waals surface area contributed by atoms with Crippen molar-refractivity contribution >= 4 is 17.6 Å². The Morgan fingerprint density at radius 1 is 1.41 bits per heavy atom. The van der Waals surface area contributed by atoms with Crippen LogP contribution in [0.15, 0.2) is 12.1 Å². The van der Waals surface area contributed by atoms with Gasteiger partial charge in [0.05, 0.1) is 16.8 Å². The zero-order chi connectivity index (χ0) is 11.8. The highest BCUT2D eigenvalue weighted by atomic mass is 35.5. The summed E-state index contributed by atoms with van der Waals surface area (Å²) >= 11 is 5.80. The molecule has 0 amide bonds. The molecule has 0 radical (unpaired) electrons. The zero-order valence-corrected chi connectivity index (χ0v) is 9.91. The Balaban J connectivity index is 0.00000144. The van der Waals surface area contributed by atoms with Crippen LogP contribution in [0.1, 0.15) is 41.7 Å². The van der Waals surface area contributed by atoms with Crippen LogP contribution in [0.4, 0.5) is 4.70 Å². The summed E-state index contributed by atoms with van der Waals surface area (Å²) in [5.41, 5.74) is 6.16. The Hall–Kier alpha value is -1.20. The van der Waals surface area contributed by atoms with Crippen molar-refractivity contribution in [3.63, 3.8) is 0 Å². The van der Waals surface area contributed by atoms with E-state index in [1.54, 1.807) is 0 Å². The van der Waals surface area contributed by atoms with Crippen LogP contribution in [0.5, 0.6) is 0 Å². The molecule has 1 aromatic rings. The highest BCUT2D eigenvalue weighted by Crippen LogP contribution is 2.37. The van der Waals surface area contributed by atoms with Gasteiger partial charge in [-0.25, -0.2) is 9.78 Å². The molecule has 0 atom stereocenters. The first kappa shape index (κ1) is 13.9. The van der Waals surface area contributed by atoms with Crippen LogP contribution in [0, 0.1) is 0 Å². The Labute approximate surface area is 103 Å². The molecular weight excluding hydrogens is 247 g/mol. The molecule has 1 aliphatic carbocycles. The number of carboxylic acids is 1. The molecule has 1 aromatic heterocycles. The van der Waals surface area contributed by atoms with Gasteiger partial charge in [0.2, 0.25) is 0 Å². The predicted molar refractivity (Wildman–Crippen MR) is 63.0 cm³/mol. The number of rotatable bonds is 2. The minimum Gasteiger partial charge on any atom is -0.478 e. The van der Waals surface area contributed by atoms with E-state index in [-0.39, 0.29) is 15.4 Å². The van der Waals surface area contributed by atoms with Crippen LogP contribution < -0.4 is 5.73 Å². The lowest BCUT2D eigenvalue weighted by Gasteiger charge is -2.24. The molecule has 0 aliphatic heterocycles. The number of aromatic nitrogens is 1. The second-order valence-electron chi connectivity index (χ2n) is 4.20. The Bertz CT molecular complexity index is 433. The van der Waals surface area contributed by atoms with Crippen LogP contribution in [-0.2, 0) is 5.54 Å². The van der Waals surface area contributed by atoms with Crippen molar-refractivity contribution in [2.45, 2.75) is 31.2 Å². The number of carboxylic acid groups (broad SMARTS) is 1. The van der Waals surface area contributed by atoms with E-state index >= 15 is 0 Å². The molecule has 0 aromatic carbocycles. The molecule has 0 saturated heterocycles. The summed E-state index contributed by atoms with van der Waals surface area (Å²) in [5, 5.41) is 9.38. The number of carbonyl (C=O) groups is 1. The first-order valence-electron chi connectivity index (χ1n) is 5.22. The lowest BCUT2D eigenvalue weighted by atomic mass is 9.90. The van der Waals surface area contributed by atoms with Gasteiger partial charge in [-0.3, -0.25) is 4.70 Å². The van der Waals surface area contributed by atoms with Crippen LogP contribution in [-0.4, -0.2) is 16.1 Å². The van der Waals surface area contributed by atoms with Gasteiger partial charge >= 0.3 is 5.97 Å². The van der Waals surface area contributed by atoms with Crippen molar-refractivity contribution in [2.75, 3.05) is 0 Å². The Morgan fingerprint density at radius 3 is 2.53 bits per heavy atom. The first-order chi connectivity index (χ1) is 7.53. The first-order valence-corrected chi connectivity index (χ1v) is 5.60. The van der Waals surface area contributed by atoms with Gasteiger partial charge < -0.3 is 10.8 Å². The lowest BCUT2D eigenvalue weighted by Crippen LogP contribution is -2.36. The summed E-state index contributed by atoms with van der Waals surface area (Å²) < 4.78 is 0. The molecule has 1 fully saturated rings. The fraction of sp³-hybridized carbons (Fsp3) is 0.455. The molecular formula is C11H14ClFN2O2. The molecule has 0 unspecified atom stereocenters. The minimum atomic E-state index is -1.00. The van der Waals surface area contributed by atoms with Crippen LogP contribution in [0.25, 0.3) is 0 Å². The lowest BCUT2D eigenvalue weighted by molar-refractivity contribution is 0.0692. The molecule has 4 nitrogen and oxygen atoms in total. The molecule has 0 spiro atoms. The van der Waals surface area contributed by atoms with Gasteiger partial charge in [0, 0.05) is 0 Å². The van der Waals surface area contributed by atoms with E-state index in [2.05, 4.69) is 4.98 Å². The van der Waals surface area contributed by atoms with Gasteiger partial charge in [0.1, 0.15) is 5.15 Å². The van der Waals surface area contributed by atoms with Crippen molar-refractivity contribution < 1.29 is 14.6 Å². The van der Waals surface area contributed by atoms with Crippen LogP contribution in [0.3, 0.4) is 0 Å². The fourth-order valence-corrected chi connectivity index (χ4v) is 2.38. The maximum atomic E-state index is 11.1. The molecule has 2 rings (SSSR count). The van der Waals surface area contributed by atoms with Gasteiger partial charge in [-0.15, -0.1) is 0 Å². The normalized spacial score (nSPS) is 17.5. The molecule has 0 bridgehead atoms. The number of nitrogens with two attached hydrogens (primary N) is 1. The molecule has 1 aliphatic rings. The summed E-state index contributed by atoms with van der Waals surface area (Å²) in [5.74, 6) is -1.00. The monoisotopic (exact) mass is 260 g/mol. The van der Waals surface area contributed by atoms with E-state index in [9.17, 15) is 4.79 Å². The van der Waals surface area contributed by atoms with Crippen molar-refractivity contribution in [1.29, 1.82) is 0 Å². The van der Waals surface area contributed by atoms with Gasteiger partial charge in [-0.05, 0) is 25.0 Å². The topological polar surface area (TPSA) is 76.2 Å². The molecule has 1 saturated carbocycles. The summed E-state index contributed by atoms with van der Waals surface area (Å²) in [6.07, 6.45) is 3.54. The summed E-state index contributed by atoms with van der Waals surface area (Å²) in [7, 11) is 0. The van der Waals surface area contributed by atoms with E-state index < -0.39 is 11.5 Å². The van der Waals surface area contributed by atoms with E-state index in [0.717, 1.165) is 25.7 Å². The Morgan fingerprint density at radius 2 is 2.00 bits per heavy atom. The summed E-state index contributed by atoms with van der Waals surface area (Å²) in [6, 6.07) is 2.95. The molecule has 6 heteroatoms. The van der Waals surface area contributed by atoms with E-state index in [4.69, 9.17) is 22.4 Å². The zero-order valence-electron chi connectivity index (χ0n) is 9.15. The average Bonchev–Trinajstić information content (AvgIpc) is 2.66. The average molecular weight is 261 g/mol. The second-order valence-corrected chi connectivity index (χ2v) is 4.59. The molecule has 17 heavy (non-hydrogen) atoms. The maximum Gasteiger partial charge on any atom is 0.337 e. The number of aromatic carboxylic acids is 1. The Kier molecular flexibility index (Phi) is 4.06. The van der Waals surface area contributed by atoms with Crippen LogP contribution in [0.2, 0.25) is 5.15 Å². The number of halogens is 2. The van der Waals surface area contributed by atoms with Crippen molar-refractivity contribution in [3.05, 3.63) is 28.5 Å². The van der Waals surface area contributed by atoms with Gasteiger partial charge in [0.15, 0.2) is 0 Å². The number of pyridine rings is 1. The minimum absolute atomic E-state index is 0. The fourth-order valence-electron chi connectivity index (χ4n) is 2.23. The molecule has 1 heterocycles. The largest absolute Gasteiger partial charge is 0.478 e. The van der Waals surface area contributed by atoms with Gasteiger partial charge in [-0.2, -0.15) is 0 Å². The van der Waals surface area contributed by atoms with E-state index in [1.165, 1.54) is 12.1 Å². The quantitative estimate of drug-likeness (QED) is 0.800. The standard InChI is InChI=1S/C11H13ClN2O2.FH/c12-8-4-3-7(10(15)16)9(14-8)11(13)5-1-2-6-11;/h3-4H,1-2,5-6,13H2,(H,15,16);1H. The van der Waals surface area contributed by atoms with Crippen molar-refractivity contribution in [1.82, 2.24) is 4.98 Å². The maximum absolute atomic E-state index is 11.1. The van der Waals surface area contributed by atoms with Gasteiger partial charge in [0.25, 0.3) is 0 Å². The van der Waals surface area contributed by atoms with E-state index in [1.807, 2.05) is 0 Å². The third kappa shape index (κ3) is 2.56. The van der Waals surface area contributed by atoms with Gasteiger partial charge in [-0.1, -0.05) is 24.4 Å². The highest BCUT2D eigenvalue weighted by molar-refractivity contribution is 6.29. The molecule has 3 N–H and O–H groups in total. The number of hydrogen-bond donors (Lipinski definition) is 2. The third-order valence-corrected chi connectivity index (χ3v) is 3.27. The van der Waals surface area contributed by atoms with Crippen LogP contribution >= 0.6 is 11.6 Å². The SMILES string of the molecule is F.NC1(c2nc(Cl)ccc2C(=O)O)CCCC1. The predicted octanol–water partition coefficient (Wildman–Crippen LogP) is 2.31. The van der Waals surface area contributed by atoms with Crippen molar-refractivity contribution in [3.8, 4) is 0 Å². The number of hydrogen-bond acceptors (Lipinski definition) is 3. The smallest absolute Gasteiger partial charge is 0.337 e. The number of nitrogens with zero attached hydrogens (tertiary/aromatic N) is 1. The van der Waals surface area contributed by atoms with E-state index in [0.29, 0.717) is 5.69 Å².